The van der Waals surface area contributed by atoms with Crippen LogP contribution in [0.5, 0.6) is 11.6 Å². The molecule has 0 aliphatic heterocycles. The van der Waals surface area contributed by atoms with E-state index in [1.165, 1.54) is 5.56 Å². The zero-order chi connectivity index (χ0) is 19.5. The van der Waals surface area contributed by atoms with E-state index in [1.807, 2.05) is 25.1 Å². The number of benzene rings is 1. The summed E-state index contributed by atoms with van der Waals surface area (Å²) >= 11 is 0. The molecular weight excluding hydrogens is 356 g/mol. The van der Waals surface area contributed by atoms with Crippen LogP contribution < -0.4 is 15.4 Å². The molecule has 0 saturated heterocycles. The molecule has 0 atom stereocenters. The second-order valence-electron chi connectivity index (χ2n) is 6.85. The minimum Gasteiger partial charge on any atom is -0.439 e. The third-order valence-corrected chi connectivity index (χ3v) is 4.60. The van der Waals surface area contributed by atoms with Crippen molar-refractivity contribution in [1.29, 1.82) is 0 Å². The van der Waals surface area contributed by atoms with Gasteiger partial charge in [-0.25, -0.2) is 9.78 Å². The average Bonchev–Trinajstić information content (AvgIpc) is 3.48. The minimum absolute atomic E-state index is 0.362. The molecule has 0 bridgehead atoms. The lowest BCUT2D eigenvalue weighted by Crippen LogP contribution is -2.20. The molecule has 2 N–H and O–H groups in total. The maximum Gasteiger partial charge on any atom is 0.323 e. The molecule has 4 rings (SSSR count). The van der Waals surface area contributed by atoms with Crippen LogP contribution in [0, 0.1) is 6.92 Å². The van der Waals surface area contributed by atoms with Crippen LogP contribution in [0.2, 0.25) is 0 Å². The molecule has 1 fully saturated rings. The Hall–Kier alpha value is -3.35. The summed E-state index contributed by atoms with van der Waals surface area (Å²) in [5.74, 6) is 2.32. The van der Waals surface area contributed by atoms with Gasteiger partial charge in [0.05, 0.1) is 11.9 Å². The van der Waals surface area contributed by atoms with E-state index in [2.05, 4.69) is 33.8 Å². The Labute approximate surface area is 163 Å². The summed E-state index contributed by atoms with van der Waals surface area (Å²) in [6.07, 6.45) is 4.63. The van der Waals surface area contributed by atoms with Gasteiger partial charge in [0.25, 0.3) is 0 Å². The van der Waals surface area contributed by atoms with Gasteiger partial charge in [-0.15, -0.1) is 0 Å². The lowest BCUT2D eigenvalue weighted by Gasteiger charge is -2.09. The van der Waals surface area contributed by atoms with Crippen LogP contribution in [0.15, 0.2) is 47.1 Å². The number of carbonyl (C=O) groups excluding carboxylic acids is 1. The van der Waals surface area contributed by atoms with Gasteiger partial charge < -0.3 is 19.9 Å². The number of carbonyl (C=O) groups is 1. The molecule has 3 aromatic rings. The number of pyridine rings is 1. The summed E-state index contributed by atoms with van der Waals surface area (Å²) in [7, 11) is 0. The maximum atomic E-state index is 12.3. The molecule has 2 amide bonds. The monoisotopic (exact) mass is 378 g/mol. The van der Waals surface area contributed by atoms with Gasteiger partial charge in [0.2, 0.25) is 5.88 Å². The highest BCUT2D eigenvalue weighted by atomic mass is 16.5. The quantitative estimate of drug-likeness (QED) is 0.611. The number of aromatic nitrogens is 2. The zero-order valence-corrected chi connectivity index (χ0v) is 15.9. The molecule has 1 aliphatic rings. The predicted molar refractivity (Wildman–Crippen MR) is 106 cm³/mol. The van der Waals surface area contributed by atoms with Crippen LogP contribution in [0.25, 0.3) is 0 Å². The summed E-state index contributed by atoms with van der Waals surface area (Å²) in [5.41, 5.74) is 3.09. The number of anilines is 2. The highest BCUT2D eigenvalue weighted by Gasteiger charge is 2.32. The van der Waals surface area contributed by atoms with Crippen LogP contribution in [0.1, 0.15) is 42.7 Å². The van der Waals surface area contributed by atoms with Crippen LogP contribution in [-0.2, 0) is 6.42 Å². The number of amides is 2. The molecule has 7 nitrogen and oxygen atoms in total. The Balaban J connectivity index is 1.37. The van der Waals surface area contributed by atoms with Crippen LogP contribution in [-0.4, -0.2) is 16.2 Å². The second kappa shape index (κ2) is 7.72. The van der Waals surface area contributed by atoms with E-state index < -0.39 is 0 Å². The molecule has 0 spiro atoms. The topological polar surface area (TPSA) is 89.3 Å². The van der Waals surface area contributed by atoms with E-state index in [-0.39, 0.29) is 6.03 Å². The van der Waals surface area contributed by atoms with E-state index in [0.29, 0.717) is 28.9 Å². The fourth-order valence-corrected chi connectivity index (χ4v) is 2.90. The smallest absolute Gasteiger partial charge is 0.323 e. The highest BCUT2D eigenvalue weighted by Crippen LogP contribution is 2.44. The van der Waals surface area contributed by atoms with Crippen molar-refractivity contribution in [3.8, 4) is 11.6 Å². The van der Waals surface area contributed by atoms with Gasteiger partial charge in [0, 0.05) is 12.0 Å². The Morgan fingerprint density at radius 2 is 2.11 bits per heavy atom. The Morgan fingerprint density at radius 1 is 1.25 bits per heavy atom. The maximum absolute atomic E-state index is 12.3. The van der Waals surface area contributed by atoms with Crippen molar-refractivity contribution in [1.82, 2.24) is 10.1 Å². The molecule has 144 valence electrons. The number of rotatable bonds is 6. The predicted octanol–water partition coefficient (Wildman–Crippen LogP) is 5.25. The first-order chi connectivity index (χ1) is 13.6. The molecular formula is C21H22N4O3. The van der Waals surface area contributed by atoms with Gasteiger partial charge in [0.15, 0.2) is 5.76 Å². The highest BCUT2D eigenvalue weighted by molar-refractivity contribution is 6.00. The van der Waals surface area contributed by atoms with Crippen molar-refractivity contribution < 1.29 is 14.1 Å². The van der Waals surface area contributed by atoms with Gasteiger partial charge in [-0.1, -0.05) is 24.2 Å². The summed E-state index contributed by atoms with van der Waals surface area (Å²) in [6, 6.07) is 11.0. The zero-order valence-electron chi connectivity index (χ0n) is 15.9. The van der Waals surface area contributed by atoms with Crippen LogP contribution >= 0.6 is 0 Å². The van der Waals surface area contributed by atoms with Gasteiger partial charge in [0.1, 0.15) is 17.1 Å². The van der Waals surface area contributed by atoms with Crippen molar-refractivity contribution in [2.75, 3.05) is 10.6 Å². The van der Waals surface area contributed by atoms with Crippen molar-refractivity contribution in [3.05, 3.63) is 59.6 Å². The number of urea groups is 1. The Morgan fingerprint density at radius 3 is 2.82 bits per heavy atom. The number of ether oxygens (including phenoxy) is 1. The fourth-order valence-electron chi connectivity index (χ4n) is 2.90. The van der Waals surface area contributed by atoms with Crippen molar-refractivity contribution in [2.45, 2.75) is 39.0 Å². The molecule has 1 saturated carbocycles. The van der Waals surface area contributed by atoms with Gasteiger partial charge in [-0.05, 0) is 49.9 Å². The lowest BCUT2D eigenvalue weighted by molar-refractivity contribution is 0.262. The summed E-state index contributed by atoms with van der Waals surface area (Å²) < 4.78 is 11.1. The number of nitrogens with zero attached hydrogens (tertiary/aromatic N) is 2. The van der Waals surface area contributed by atoms with Crippen LogP contribution in [0.4, 0.5) is 16.2 Å². The number of hydrogen-bond donors (Lipinski definition) is 2. The second-order valence-corrected chi connectivity index (χ2v) is 6.85. The normalized spacial score (nSPS) is 13.2. The van der Waals surface area contributed by atoms with E-state index >= 15 is 0 Å². The molecule has 1 aromatic carbocycles. The summed E-state index contributed by atoms with van der Waals surface area (Å²) in [6.45, 7) is 3.91. The first-order valence-electron chi connectivity index (χ1n) is 9.39. The molecule has 7 heteroatoms. The largest absolute Gasteiger partial charge is 0.439 e. The summed E-state index contributed by atoms with van der Waals surface area (Å²) in [5, 5.41) is 9.55. The van der Waals surface area contributed by atoms with Crippen molar-refractivity contribution in [3.63, 3.8) is 0 Å². The van der Waals surface area contributed by atoms with E-state index in [9.17, 15) is 4.79 Å². The van der Waals surface area contributed by atoms with Gasteiger partial charge >= 0.3 is 6.03 Å². The molecule has 0 radical (unpaired) electrons. The molecule has 2 heterocycles. The first-order valence-corrected chi connectivity index (χ1v) is 9.39. The Bertz CT molecular complexity index is 978. The fraction of sp³-hybridized carbons (Fsp3) is 0.286. The number of hydrogen-bond acceptors (Lipinski definition) is 5. The molecule has 1 aliphatic carbocycles. The van der Waals surface area contributed by atoms with E-state index in [1.54, 1.807) is 18.3 Å². The minimum atomic E-state index is -0.362. The van der Waals surface area contributed by atoms with Gasteiger partial charge in [-0.3, -0.25) is 0 Å². The Kier molecular flexibility index (Phi) is 4.97. The third-order valence-electron chi connectivity index (χ3n) is 4.60. The standard InChI is InChI=1S/C21H22N4O3/c1-3-14-5-4-6-17(11-14)27-18-10-9-16(12-22-18)23-21(26)24-19-13(2)25-28-20(19)15-7-8-15/h4-6,9-12,15H,3,7-8H2,1-2H3,(H2,23,24,26). The lowest BCUT2D eigenvalue weighted by atomic mass is 10.2. The molecule has 0 unspecified atom stereocenters. The summed E-state index contributed by atoms with van der Waals surface area (Å²) in [4.78, 5) is 16.6. The SMILES string of the molecule is CCc1cccc(Oc2ccc(NC(=O)Nc3c(C)noc3C3CC3)cn2)c1. The average molecular weight is 378 g/mol. The van der Waals surface area contributed by atoms with E-state index in [4.69, 9.17) is 9.26 Å². The molecule has 28 heavy (non-hydrogen) atoms. The van der Waals surface area contributed by atoms with Gasteiger partial charge in [-0.2, -0.15) is 0 Å². The van der Waals surface area contributed by atoms with Crippen molar-refractivity contribution >= 4 is 17.4 Å². The third kappa shape index (κ3) is 4.14. The number of aryl methyl sites for hydroxylation is 2. The van der Waals surface area contributed by atoms with E-state index in [0.717, 1.165) is 30.8 Å². The molecule has 2 aromatic heterocycles. The van der Waals surface area contributed by atoms with Crippen molar-refractivity contribution in [2.24, 2.45) is 0 Å². The first kappa shape index (κ1) is 18.0. The number of nitrogens with one attached hydrogen (secondary N) is 2. The van der Waals surface area contributed by atoms with Crippen LogP contribution in [0.3, 0.4) is 0 Å².